The molecule has 7 heteroatoms. The molecule has 0 radical (unpaired) electrons. The first-order chi connectivity index (χ1) is 21.8. The number of piperidine rings is 1. The number of Topliss-reactive ketones (excluding diaryl/α,β-unsaturated/α-hetero) is 1. The number of nitrogens with zero attached hydrogens (tertiary/aromatic N) is 3. The van der Waals surface area contributed by atoms with E-state index < -0.39 is 0 Å². The minimum Gasteiger partial charge on any atom is -0.356 e. The number of likely N-dealkylation sites (tertiary alicyclic amines) is 1. The number of hydrogen-bond donors (Lipinski definition) is 1. The Labute approximate surface area is 273 Å². The monoisotopic (exact) mass is 626 g/mol. The van der Waals surface area contributed by atoms with Crippen molar-refractivity contribution in [1.82, 2.24) is 19.8 Å². The summed E-state index contributed by atoms with van der Waals surface area (Å²) in [5.74, 6) is 1.48. The minimum atomic E-state index is -0.339. The Morgan fingerprint density at radius 1 is 1.04 bits per heavy atom. The number of ketones is 1. The lowest BCUT2D eigenvalue weighted by atomic mass is 9.89. The van der Waals surface area contributed by atoms with Crippen LogP contribution in [0.4, 0.5) is 0 Å². The van der Waals surface area contributed by atoms with Crippen molar-refractivity contribution in [1.29, 1.82) is 0 Å². The number of imidazole rings is 1. The fourth-order valence-electron chi connectivity index (χ4n) is 6.96. The largest absolute Gasteiger partial charge is 0.356 e. The maximum absolute atomic E-state index is 13.7. The number of carbonyl (C=O) groups excluding carboxylic acids is 2. The number of fused-ring (bicyclic) bond motifs is 1. The van der Waals surface area contributed by atoms with E-state index >= 15 is 0 Å². The fourth-order valence-corrected chi connectivity index (χ4v) is 7.66. The molecule has 4 aromatic rings. The van der Waals surface area contributed by atoms with Crippen molar-refractivity contribution in [2.45, 2.75) is 85.2 Å². The Kier molecular flexibility index (Phi) is 11.6. The summed E-state index contributed by atoms with van der Waals surface area (Å²) in [6.07, 6.45) is 6.02. The highest BCUT2D eigenvalue weighted by molar-refractivity contribution is 7.09. The molecule has 0 saturated carbocycles. The fraction of sp³-hybridized carbons (Fsp3) is 0.500. The Morgan fingerprint density at radius 3 is 2.56 bits per heavy atom. The van der Waals surface area contributed by atoms with Gasteiger partial charge in [0, 0.05) is 54.9 Å². The zero-order valence-corrected chi connectivity index (χ0v) is 28.3. The smallest absolute Gasteiger partial charge is 0.223 e. The lowest BCUT2D eigenvalue weighted by Crippen LogP contribution is -2.42. The highest BCUT2D eigenvalue weighted by atomic mass is 32.1. The van der Waals surface area contributed by atoms with Gasteiger partial charge < -0.3 is 9.88 Å². The van der Waals surface area contributed by atoms with Crippen molar-refractivity contribution in [2.75, 3.05) is 19.6 Å². The average molecular weight is 627 g/mol. The normalized spacial score (nSPS) is 16.4. The number of aromatic nitrogens is 2. The van der Waals surface area contributed by atoms with Crippen LogP contribution in [-0.2, 0) is 17.8 Å². The van der Waals surface area contributed by atoms with Crippen molar-refractivity contribution in [3.63, 3.8) is 0 Å². The molecule has 45 heavy (non-hydrogen) atoms. The van der Waals surface area contributed by atoms with Crippen LogP contribution in [-0.4, -0.2) is 45.8 Å². The maximum Gasteiger partial charge on any atom is 0.223 e. The quantitative estimate of drug-likeness (QED) is 0.135. The molecular weight excluding hydrogens is 577 g/mol. The van der Waals surface area contributed by atoms with Crippen molar-refractivity contribution in [3.8, 4) is 0 Å². The van der Waals surface area contributed by atoms with Gasteiger partial charge in [-0.15, -0.1) is 11.3 Å². The predicted octanol–water partition coefficient (Wildman–Crippen LogP) is 8.31. The van der Waals surface area contributed by atoms with Crippen molar-refractivity contribution < 1.29 is 9.59 Å². The van der Waals surface area contributed by atoms with E-state index in [0.717, 1.165) is 68.6 Å². The Morgan fingerprint density at radius 2 is 1.84 bits per heavy atom. The maximum atomic E-state index is 13.7. The van der Waals surface area contributed by atoms with Gasteiger partial charge in [-0.1, -0.05) is 64.1 Å². The number of hydrogen-bond acceptors (Lipinski definition) is 5. The van der Waals surface area contributed by atoms with E-state index in [1.165, 1.54) is 10.4 Å². The van der Waals surface area contributed by atoms with Gasteiger partial charge in [0.05, 0.1) is 11.0 Å². The molecule has 5 rings (SSSR count). The highest BCUT2D eigenvalue weighted by Gasteiger charge is 2.27. The number of benzene rings is 2. The third kappa shape index (κ3) is 8.71. The second kappa shape index (κ2) is 15.8. The van der Waals surface area contributed by atoms with Crippen LogP contribution < -0.4 is 5.32 Å². The predicted molar refractivity (Wildman–Crippen MR) is 186 cm³/mol. The molecule has 3 heterocycles. The number of amides is 1. The van der Waals surface area contributed by atoms with Gasteiger partial charge >= 0.3 is 0 Å². The van der Waals surface area contributed by atoms with Gasteiger partial charge in [0.15, 0.2) is 5.78 Å². The Hall–Kier alpha value is -3.29. The molecule has 6 nitrogen and oxygen atoms in total. The Bertz CT molecular complexity index is 1520. The standard InChI is InChI=1S/C38H50N4O2S/c1-5-32(6-2)42-35-17-16-30(21-34(35)40-37(42)23-33-15-11-19-45-33)36(43)22-31(20-27(3)4)38(44)39-24-29-14-10-18-41(26-29)25-28-12-8-7-9-13-28/h7-9,11-13,15-17,19,21,27,29,31-32H,5-6,10,14,18,20,22-26H2,1-4H3,(H,39,44)/t29?,31-/m1/s1. The van der Waals surface area contributed by atoms with Crippen LogP contribution in [0.5, 0.6) is 0 Å². The second-order valence-electron chi connectivity index (χ2n) is 13.3. The van der Waals surface area contributed by atoms with Crippen molar-refractivity contribution in [2.24, 2.45) is 17.8 Å². The van der Waals surface area contributed by atoms with E-state index in [2.05, 4.69) is 96.4 Å². The van der Waals surface area contributed by atoms with E-state index in [1.807, 2.05) is 12.1 Å². The SMILES string of the molecule is CCC(CC)n1c(Cc2cccs2)nc2cc(C(=O)C[C@@H](CC(C)C)C(=O)NCC3CCCN(Cc4ccccc4)C3)ccc21. The zero-order chi connectivity index (χ0) is 31.8. The van der Waals surface area contributed by atoms with E-state index in [4.69, 9.17) is 4.98 Å². The third-order valence-corrected chi connectivity index (χ3v) is 10.2. The summed E-state index contributed by atoms with van der Waals surface area (Å²) in [6.45, 7) is 12.4. The van der Waals surface area contributed by atoms with E-state index in [-0.39, 0.29) is 24.0 Å². The van der Waals surface area contributed by atoms with Crippen LogP contribution in [0.25, 0.3) is 11.0 Å². The van der Waals surface area contributed by atoms with Crippen molar-refractivity contribution in [3.05, 3.63) is 87.9 Å². The molecule has 1 unspecified atom stereocenters. The molecule has 0 spiro atoms. The molecule has 0 bridgehead atoms. The van der Waals surface area contributed by atoms with E-state index in [9.17, 15) is 9.59 Å². The summed E-state index contributed by atoms with van der Waals surface area (Å²) in [5.41, 5.74) is 3.92. The molecule has 240 valence electrons. The van der Waals surface area contributed by atoms with Crippen molar-refractivity contribution >= 4 is 34.1 Å². The molecule has 1 aliphatic rings. The molecule has 2 aromatic heterocycles. The number of nitrogens with one attached hydrogen (secondary N) is 1. The van der Waals surface area contributed by atoms with Crippen LogP contribution in [0.15, 0.2) is 66.0 Å². The highest BCUT2D eigenvalue weighted by Crippen LogP contribution is 2.29. The Balaban J connectivity index is 1.25. The lowest BCUT2D eigenvalue weighted by molar-refractivity contribution is -0.125. The first kappa shape index (κ1) is 33.1. The van der Waals surface area contributed by atoms with Gasteiger partial charge in [0.25, 0.3) is 0 Å². The summed E-state index contributed by atoms with van der Waals surface area (Å²) in [4.78, 5) is 36.0. The summed E-state index contributed by atoms with van der Waals surface area (Å²) < 4.78 is 2.38. The summed E-state index contributed by atoms with van der Waals surface area (Å²) in [6, 6.07) is 21.2. The molecular formula is C38H50N4O2S. The second-order valence-corrected chi connectivity index (χ2v) is 14.3. The van der Waals surface area contributed by atoms with Crippen LogP contribution in [0.1, 0.15) is 98.9 Å². The molecule has 1 fully saturated rings. The summed E-state index contributed by atoms with van der Waals surface area (Å²) in [5, 5.41) is 5.36. The number of thiophene rings is 1. The van der Waals surface area contributed by atoms with E-state index in [1.54, 1.807) is 11.3 Å². The van der Waals surface area contributed by atoms with Crippen LogP contribution >= 0.6 is 11.3 Å². The average Bonchev–Trinajstić information content (AvgIpc) is 3.68. The molecule has 1 amide bonds. The van der Waals surface area contributed by atoms with Crippen LogP contribution in [0.3, 0.4) is 0 Å². The molecule has 2 aromatic carbocycles. The first-order valence-corrected chi connectivity index (χ1v) is 17.8. The first-order valence-electron chi connectivity index (χ1n) is 16.9. The molecule has 1 aliphatic heterocycles. The number of carbonyl (C=O) groups is 2. The summed E-state index contributed by atoms with van der Waals surface area (Å²) >= 11 is 1.75. The van der Waals surface area contributed by atoms with Gasteiger partial charge in [-0.25, -0.2) is 4.98 Å². The minimum absolute atomic E-state index is 0.00885. The molecule has 0 aliphatic carbocycles. The van der Waals surface area contributed by atoms with Gasteiger partial charge in [0.1, 0.15) is 5.82 Å². The van der Waals surface area contributed by atoms with Gasteiger partial charge in [-0.3, -0.25) is 14.5 Å². The zero-order valence-electron chi connectivity index (χ0n) is 27.5. The van der Waals surface area contributed by atoms with Gasteiger partial charge in [0.2, 0.25) is 5.91 Å². The van der Waals surface area contributed by atoms with Crippen LogP contribution in [0, 0.1) is 17.8 Å². The molecule has 1 saturated heterocycles. The van der Waals surface area contributed by atoms with Gasteiger partial charge in [-0.2, -0.15) is 0 Å². The topological polar surface area (TPSA) is 67.2 Å². The summed E-state index contributed by atoms with van der Waals surface area (Å²) in [7, 11) is 0. The molecule has 2 atom stereocenters. The van der Waals surface area contributed by atoms with E-state index in [0.29, 0.717) is 36.4 Å². The number of rotatable bonds is 15. The van der Waals surface area contributed by atoms with Gasteiger partial charge in [-0.05, 0) is 85.7 Å². The lowest BCUT2D eigenvalue weighted by Gasteiger charge is -2.33. The van der Waals surface area contributed by atoms with Crippen LogP contribution in [0.2, 0.25) is 0 Å². The molecule has 1 N–H and O–H groups in total. The third-order valence-electron chi connectivity index (χ3n) is 9.28.